The van der Waals surface area contributed by atoms with Crippen LogP contribution in [0.2, 0.25) is 6.55 Å². The number of nitrogens with zero attached hydrogens (tertiary/aromatic N) is 3. The van der Waals surface area contributed by atoms with E-state index in [-0.39, 0.29) is 0 Å². The molecule has 0 fully saturated rings. The van der Waals surface area contributed by atoms with Crippen molar-refractivity contribution in [3.8, 4) is 33.4 Å². The Kier molecular flexibility index (Phi) is 11.5. The van der Waals surface area contributed by atoms with E-state index in [2.05, 4.69) is 385 Å². The zero-order valence-corrected chi connectivity index (χ0v) is 55.0. The van der Waals surface area contributed by atoms with Gasteiger partial charge in [0, 0.05) is 51.2 Å². The van der Waals surface area contributed by atoms with Crippen LogP contribution in [-0.4, -0.2) is 8.07 Å². The topological polar surface area (TPSA) is 9.72 Å². The Morgan fingerprint density at radius 1 is 0.194 bits per heavy atom. The molecule has 6 aliphatic rings. The first-order chi connectivity index (χ1) is 48.5. The minimum absolute atomic E-state index is 0.537. The van der Waals surface area contributed by atoms with Gasteiger partial charge in [-0.25, -0.2) is 0 Å². The fraction of sp³-hybridized carbons (Fsp3) is 0.0426. The summed E-state index contributed by atoms with van der Waals surface area (Å²) in [4.78, 5) is 7.97. The summed E-state index contributed by atoms with van der Waals surface area (Å²) >= 11 is 0. The van der Waals surface area contributed by atoms with Crippen LogP contribution in [0, 0.1) is 0 Å². The lowest BCUT2D eigenvalue weighted by Gasteiger charge is -2.54. The highest BCUT2D eigenvalue weighted by Crippen LogP contribution is 2.63. The highest BCUT2D eigenvalue weighted by molar-refractivity contribution is 7.16. The third kappa shape index (κ3) is 6.96. The molecule has 98 heavy (non-hydrogen) atoms. The van der Waals surface area contributed by atoms with Crippen LogP contribution < -0.4 is 30.3 Å². The van der Waals surface area contributed by atoms with Crippen LogP contribution in [-0.2, 0) is 16.2 Å². The van der Waals surface area contributed by atoms with Gasteiger partial charge in [-0.3, -0.25) is 0 Å². The van der Waals surface area contributed by atoms with Crippen molar-refractivity contribution in [3.05, 3.63) is 431 Å². The first kappa shape index (κ1) is 55.2. The van der Waals surface area contributed by atoms with E-state index < -0.39 is 24.3 Å². The summed E-state index contributed by atoms with van der Waals surface area (Å²) in [5.74, 6) is 0. The van der Waals surface area contributed by atoms with Crippen molar-refractivity contribution in [1.29, 1.82) is 0 Å². The molecule has 0 saturated carbocycles. The van der Waals surface area contributed by atoms with Crippen LogP contribution >= 0.6 is 0 Å². The largest absolute Gasteiger partial charge is 0.311 e. The van der Waals surface area contributed by atoms with E-state index in [0.29, 0.717) is 0 Å². The summed E-state index contributed by atoms with van der Waals surface area (Å²) in [5.41, 5.74) is 31.9. The minimum Gasteiger partial charge on any atom is -0.311 e. The van der Waals surface area contributed by atoms with E-state index in [1.165, 1.54) is 150 Å². The molecule has 3 heterocycles. The number of anilines is 9. The fourth-order valence-corrected chi connectivity index (χ4v) is 24.6. The molecule has 3 aliphatic carbocycles. The molecular formula is C94H63N3Si. The molecule has 15 aromatic rings. The third-order valence-corrected chi connectivity index (χ3v) is 27.6. The Hall–Kier alpha value is -12.1. The zero-order valence-electron chi connectivity index (χ0n) is 54.0. The molecule has 3 aliphatic heterocycles. The van der Waals surface area contributed by atoms with Gasteiger partial charge in [-0.15, -0.1) is 0 Å². The summed E-state index contributed by atoms with van der Waals surface area (Å²) in [6.45, 7) is 2.68. The van der Waals surface area contributed by atoms with Crippen molar-refractivity contribution in [2.24, 2.45) is 0 Å². The van der Waals surface area contributed by atoms with Gasteiger partial charge in [0.25, 0.3) is 0 Å². The molecule has 0 spiro atoms. The monoisotopic (exact) mass is 1260 g/mol. The average Bonchev–Trinajstić information content (AvgIpc) is 0.946. The summed E-state index contributed by atoms with van der Waals surface area (Å²) in [7, 11) is -3.06. The van der Waals surface area contributed by atoms with Gasteiger partial charge in [0.1, 0.15) is 0 Å². The minimum atomic E-state index is -3.06. The Morgan fingerprint density at radius 2 is 0.429 bits per heavy atom. The molecule has 0 saturated heterocycles. The second-order valence-electron chi connectivity index (χ2n) is 27.4. The smallest absolute Gasteiger partial charge is 0.161 e. The second kappa shape index (κ2) is 20.5. The van der Waals surface area contributed by atoms with Crippen molar-refractivity contribution in [2.75, 3.05) is 14.7 Å². The lowest BCUT2D eigenvalue weighted by atomic mass is 9.67. The SMILES string of the molecule is C[Si]12c3c4cccc3N(c3ccc5c(c3)C(c3ccccc3)(c3ccccc3)c3ccccc3-5)c3cccc(c31)N(c1ccc3c(c1)C(c1ccccc1)(c1ccccc1)c1ccccc1-3)c1cccc(c12)N4c1ccc2c(c1)-c1ccccc1C2(c1ccccc1)c1ccccc1. The molecule has 0 aromatic heterocycles. The van der Waals surface area contributed by atoms with Crippen LogP contribution in [0.25, 0.3) is 33.4 Å². The van der Waals surface area contributed by atoms with Crippen LogP contribution in [0.5, 0.6) is 0 Å². The Labute approximate surface area is 572 Å². The first-order valence-electron chi connectivity index (χ1n) is 34.4. The molecule has 458 valence electrons. The maximum absolute atomic E-state index is 3.06. The predicted molar refractivity (Wildman–Crippen MR) is 406 cm³/mol. The molecule has 0 radical (unpaired) electrons. The van der Waals surface area contributed by atoms with Gasteiger partial charge in [-0.2, -0.15) is 0 Å². The van der Waals surface area contributed by atoms with E-state index in [1.54, 1.807) is 0 Å². The molecule has 15 aromatic carbocycles. The lowest BCUT2D eigenvalue weighted by Crippen LogP contribution is -2.74. The van der Waals surface area contributed by atoms with Crippen LogP contribution in [0.4, 0.5) is 51.2 Å². The molecule has 0 N–H and O–H groups in total. The molecule has 0 bridgehead atoms. The van der Waals surface area contributed by atoms with Gasteiger partial charge in [-0.1, -0.05) is 298 Å². The van der Waals surface area contributed by atoms with Crippen LogP contribution in [0.15, 0.2) is 364 Å². The van der Waals surface area contributed by atoms with Gasteiger partial charge < -0.3 is 14.7 Å². The summed E-state index contributed by atoms with van der Waals surface area (Å²) in [5, 5.41) is 4.25. The second-order valence-corrected chi connectivity index (χ2v) is 31.2. The fourth-order valence-electron chi connectivity index (χ4n) is 19.6. The van der Waals surface area contributed by atoms with Crippen molar-refractivity contribution in [1.82, 2.24) is 0 Å². The lowest BCUT2D eigenvalue weighted by molar-refractivity contribution is 0.768. The van der Waals surface area contributed by atoms with E-state index >= 15 is 0 Å². The van der Waals surface area contributed by atoms with Gasteiger partial charge >= 0.3 is 0 Å². The van der Waals surface area contributed by atoms with Crippen molar-refractivity contribution in [2.45, 2.75) is 22.8 Å². The maximum atomic E-state index is 2.68. The number of benzene rings is 15. The molecule has 0 amide bonds. The van der Waals surface area contributed by atoms with Crippen molar-refractivity contribution in [3.63, 3.8) is 0 Å². The highest BCUT2D eigenvalue weighted by atomic mass is 28.3. The molecular weight excluding hydrogens is 1200 g/mol. The van der Waals surface area contributed by atoms with Crippen molar-refractivity contribution >= 4 is 74.8 Å². The summed E-state index contributed by atoms with van der Waals surface area (Å²) < 4.78 is 0. The van der Waals surface area contributed by atoms with Crippen molar-refractivity contribution < 1.29 is 0 Å². The van der Waals surface area contributed by atoms with E-state index in [4.69, 9.17) is 0 Å². The number of hydrogen-bond acceptors (Lipinski definition) is 3. The average molecular weight is 1260 g/mol. The molecule has 3 nitrogen and oxygen atoms in total. The first-order valence-corrected chi connectivity index (χ1v) is 36.9. The molecule has 4 heteroatoms. The van der Waals surface area contributed by atoms with E-state index in [9.17, 15) is 0 Å². The van der Waals surface area contributed by atoms with E-state index in [0.717, 1.165) is 17.1 Å². The van der Waals surface area contributed by atoms with Gasteiger partial charge in [0.05, 0.1) is 16.2 Å². The Balaban J connectivity index is 0.846. The zero-order chi connectivity index (χ0) is 64.5. The van der Waals surface area contributed by atoms with Gasteiger partial charge in [-0.05, 0) is 188 Å². The summed E-state index contributed by atoms with van der Waals surface area (Å²) in [6, 6.07) is 139. The number of fused-ring (bicyclic) bond motifs is 9. The normalized spacial score (nSPS) is 15.5. The van der Waals surface area contributed by atoms with Gasteiger partial charge in [0.2, 0.25) is 0 Å². The van der Waals surface area contributed by atoms with Gasteiger partial charge in [0.15, 0.2) is 8.07 Å². The quantitative estimate of drug-likeness (QED) is 0.133. The molecule has 21 rings (SSSR count). The Morgan fingerprint density at radius 3 is 0.745 bits per heavy atom. The Bertz CT molecular complexity index is 5410. The maximum Gasteiger partial charge on any atom is 0.161 e. The molecule has 0 atom stereocenters. The van der Waals surface area contributed by atoms with E-state index in [1.807, 2.05) is 0 Å². The number of rotatable bonds is 9. The van der Waals surface area contributed by atoms with Crippen LogP contribution in [0.1, 0.15) is 66.8 Å². The predicted octanol–water partition coefficient (Wildman–Crippen LogP) is 21.2. The molecule has 0 unspecified atom stereocenters. The number of hydrogen-bond donors (Lipinski definition) is 0. The third-order valence-electron chi connectivity index (χ3n) is 23.1. The standard InChI is InChI=1S/C94H63N3Si/c1-98-89-83-47-26-49-85(89)96(69-53-56-74-71-41-20-23-44-77(71)93(81(74)60-69,64-33-12-4-13-34-64)65-35-14-5-15-36-65)87-51-28-52-88(91(87)98)97(70-54-57-75-72-42-21-24-45-78(72)94(82(75)61-70,66-37-16-6-17-38-66)67-39-18-7-19-40-67)86-50-27-48-84(90(86)98)95(83)68-55-58-80-76(59-68)73-43-22-25-46-79(73)92(80,62-29-8-2-9-30-62)63-31-10-3-11-32-63/h2-61H,1H3. The van der Waals surface area contributed by atoms with Crippen LogP contribution in [0.3, 0.4) is 0 Å². The highest BCUT2D eigenvalue weighted by Gasteiger charge is 2.57. The summed E-state index contributed by atoms with van der Waals surface area (Å²) in [6.07, 6.45) is 0.